The summed E-state index contributed by atoms with van der Waals surface area (Å²) in [6.45, 7) is 3.07. The van der Waals surface area contributed by atoms with Crippen molar-refractivity contribution in [3.63, 3.8) is 0 Å². The Morgan fingerprint density at radius 1 is 1.27 bits per heavy atom. The van der Waals surface area contributed by atoms with E-state index < -0.39 is 0 Å². The van der Waals surface area contributed by atoms with E-state index in [-0.39, 0.29) is 5.91 Å². The quantitative estimate of drug-likeness (QED) is 0.720. The molecule has 0 radical (unpaired) electrons. The first-order valence-corrected chi connectivity index (χ1v) is 8.51. The van der Waals surface area contributed by atoms with Crippen LogP contribution in [0, 0.1) is 6.92 Å². The standard InChI is InChI=1S/C16H17Cl2NO2S/c1-11-4-6-13(22-11)10-19-16(20)3-2-8-21-15-7-5-12(17)9-14(15)18/h4-7,9H,2-3,8,10H2,1H3,(H,19,20). The number of nitrogens with one attached hydrogen (secondary N) is 1. The van der Waals surface area contributed by atoms with Crippen molar-refractivity contribution in [2.24, 2.45) is 0 Å². The smallest absolute Gasteiger partial charge is 0.220 e. The van der Waals surface area contributed by atoms with E-state index in [0.29, 0.717) is 41.8 Å². The molecule has 6 heteroatoms. The lowest BCUT2D eigenvalue weighted by Gasteiger charge is -2.08. The Labute approximate surface area is 144 Å². The Morgan fingerprint density at radius 2 is 2.09 bits per heavy atom. The fourth-order valence-corrected chi connectivity index (χ4v) is 3.15. The van der Waals surface area contributed by atoms with Gasteiger partial charge in [-0.05, 0) is 43.7 Å². The average Bonchev–Trinajstić information content (AvgIpc) is 2.89. The fourth-order valence-electron chi connectivity index (χ4n) is 1.86. The lowest BCUT2D eigenvalue weighted by atomic mass is 10.3. The summed E-state index contributed by atoms with van der Waals surface area (Å²) < 4.78 is 5.54. The van der Waals surface area contributed by atoms with Crippen molar-refractivity contribution >= 4 is 40.4 Å². The summed E-state index contributed by atoms with van der Waals surface area (Å²) in [5, 5.41) is 3.95. The van der Waals surface area contributed by atoms with E-state index in [2.05, 4.69) is 18.3 Å². The van der Waals surface area contributed by atoms with Crippen molar-refractivity contribution in [2.75, 3.05) is 6.61 Å². The summed E-state index contributed by atoms with van der Waals surface area (Å²) in [4.78, 5) is 14.2. The van der Waals surface area contributed by atoms with E-state index in [0.717, 1.165) is 4.88 Å². The predicted octanol–water partition coefficient (Wildman–Crippen LogP) is 4.84. The van der Waals surface area contributed by atoms with E-state index >= 15 is 0 Å². The third-order valence-electron chi connectivity index (χ3n) is 2.96. The fraction of sp³-hybridized carbons (Fsp3) is 0.312. The molecular formula is C16H17Cl2NO2S. The molecule has 1 aromatic heterocycles. The Bertz CT molecular complexity index is 643. The van der Waals surface area contributed by atoms with Crippen molar-refractivity contribution in [3.8, 4) is 5.75 Å². The van der Waals surface area contributed by atoms with Crippen LogP contribution in [0.2, 0.25) is 10.0 Å². The molecule has 1 amide bonds. The van der Waals surface area contributed by atoms with Gasteiger partial charge in [-0.1, -0.05) is 23.2 Å². The molecule has 118 valence electrons. The summed E-state index contributed by atoms with van der Waals surface area (Å²) in [5.74, 6) is 0.609. The Morgan fingerprint density at radius 3 is 2.77 bits per heavy atom. The molecule has 22 heavy (non-hydrogen) atoms. The molecule has 1 aromatic carbocycles. The number of hydrogen-bond acceptors (Lipinski definition) is 3. The van der Waals surface area contributed by atoms with Crippen LogP contribution in [-0.2, 0) is 11.3 Å². The van der Waals surface area contributed by atoms with Crippen LogP contribution in [0.5, 0.6) is 5.75 Å². The van der Waals surface area contributed by atoms with Gasteiger partial charge in [-0.3, -0.25) is 4.79 Å². The molecule has 0 fully saturated rings. The normalized spacial score (nSPS) is 10.5. The van der Waals surface area contributed by atoms with Crippen molar-refractivity contribution in [2.45, 2.75) is 26.3 Å². The van der Waals surface area contributed by atoms with Crippen LogP contribution in [0.4, 0.5) is 0 Å². The van der Waals surface area contributed by atoms with Crippen LogP contribution in [0.1, 0.15) is 22.6 Å². The third kappa shape index (κ3) is 5.52. The van der Waals surface area contributed by atoms with Gasteiger partial charge >= 0.3 is 0 Å². The number of hydrogen-bond donors (Lipinski definition) is 1. The van der Waals surface area contributed by atoms with Gasteiger partial charge in [0, 0.05) is 21.2 Å². The second-order valence-corrected chi connectivity index (χ2v) is 7.03. The number of ether oxygens (including phenoxy) is 1. The second kappa shape index (κ2) is 8.42. The molecule has 0 unspecified atom stereocenters. The second-order valence-electron chi connectivity index (χ2n) is 4.82. The summed E-state index contributed by atoms with van der Waals surface area (Å²) in [6.07, 6.45) is 1.06. The number of carbonyl (C=O) groups excluding carboxylic acids is 1. The Balaban J connectivity index is 1.64. The molecule has 1 N–H and O–H groups in total. The molecule has 0 atom stereocenters. The van der Waals surface area contributed by atoms with Gasteiger partial charge in [-0.2, -0.15) is 0 Å². The van der Waals surface area contributed by atoms with Gasteiger partial charge in [-0.15, -0.1) is 11.3 Å². The van der Waals surface area contributed by atoms with Gasteiger partial charge in [0.25, 0.3) is 0 Å². The number of carbonyl (C=O) groups is 1. The molecule has 0 saturated carbocycles. The van der Waals surface area contributed by atoms with Gasteiger partial charge in [0.1, 0.15) is 5.75 Å². The van der Waals surface area contributed by atoms with Crippen molar-refractivity contribution < 1.29 is 9.53 Å². The highest BCUT2D eigenvalue weighted by atomic mass is 35.5. The predicted molar refractivity (Wildman–Crippen MR) is 92.1 cm³/mol. The maximum atomic E-state index is 11.7. The van der Waals surface area contributed by atoms with E-state index in [9.17, 15) is 4.79 Å². The number of rotatable bonds is 7. The minimum atomic E-state index is 0.0249. The lowest BCUT2D eigenvalue weighted by molar-refractivity contribution is -0.121. The Hall–Kier alpha value is -1.23. The van der Waals surface area contributed by atoms with Gasteiger partial charge in [-0.25, -0.2) is 0 Å². The van der Waals surface area contributed by atoms with Crippen LogP contribution in [0.15, 0.2) is 30.3 Å². The van der Waals surface area contributed by atoms with E-state index in [4.69, 9.17) is 27.9 Å². The molecule has 2 aromatic rings. The SMILES string of the molecule is Cc1ccc(CNC(=O)CCCOc2ccc(Cl)cc2Cl)s1. The summed E-state index contributed by atoms with van der Waals surface area (Å²) in [5.41, 5.74) is 0. The van der Waals surface area contributed by atoms with Crippen LogP contribution >= 0.6 is 34.5 Å². The first kappa shape index (κ1) is 17.1. The van der Waals surface area contributed by atoms with Gasteiger partial charge < -0.3 is 10.1 Å². The monoisotopic (exact) mass is 357 g/mol. The molecule has 0 aliphatic carbocycles. The van der Waals surface area contributed by atoms with Crippen LogP contribution in [-0.4, -0.2) is 12.5 Å². The van der Waals surface area contributed by atoms with Crippen LogP contribution in [0.3, 0.4) is 0 Å². The first-order valence-electron chi connectivity index (χ1n) is 6.94. The summed E-state index contributed by atoms with van der Waals surface area (Å²) in [6, 6.07) is 9.16. The van der Waals surface area contributed by atoms with Gasteiger partial charge in [0.2, 0.25) is 5.91 Å². The van der Waals surface area contributed by atoms with Crippen LogP contribution < -0.4 is 10.1 Å². The molecule has 0 aliphatic rings. The highest BCUT2D eigenvalue weighted by molar-refractivity contribution is 7.11. The molecular weight excluding hydrogens is 341 g/mol. The minimum Gasteiger partial charge on any atom is -0.492 e. The molecule has 3 nitrogen and oxygen atoms in total. The maximum Gasteiger partial charge on any atom is 0.220 e. The highest BCUT2D eigenvalue weighted by Gasteiger charge is 2.05. The number of benzene rings is 1. The van der Waals surface area contributed by atoms with Crippen LogP contribution in [0.25, 0.3) is 0 Å². The molecule has 0 bridgehead atoms. The largest absolute Gasteiger partial charge is 0.492 e. The minimum absolute atomic E-state index is 0.0249. The van der Waals surface area contributed by atoms with Gasteiger partial charge in [0.05, 0.1) is 18.2 Å². The van der Waals surface area contributed by atoms with Crippen molar-refractivity contribution in [1.29, 1.82) is 0 Å². The van der Waals surface area contributed by atoms with E-state index in [1.807, 2.05) is 6.07 Å². The molecule has 1 heterocycles. The molecule has 0 saturated heterocycles. The van der Waals surface area contributed by atoms with Crippen molar-refractivity contribution in [1.82, 2.24) is 5.32 Å². The van der Waals surface area contributed by atoms with Gasteiger partial charge in [0.15, 0.2) is 0 Å². The topological polar surface area (TPSA) is 38.3 Å². The summed E-state index contributed by atoms with van der Waals surface area (Å²) >= 11 is 13.5. The number of halogens is 2. The lowest BCUT2D eigenvalue weighted by Crippen LogP contribution is -2.22. The zero-order valence-corrected chi connectivity index (χ0v) is 14.5. The zero-order chi connectivity index (χ0) is 15.9. The van der Waals surface area contributed by atoms with Crippen molar-refractivity contribution in [3.05, 3.63) is 50.1 Å². The first-order chi connectivity index (χ1) is 10.5. The molecule has 2 rings (SSSR count). The molecule has 0 spiro atoms. The third-order valence-corrected chi connectivity index (χ3v) is 4.49. The number of thiophene rings is 1. The summed E-state index contributed by atoms with van der Waals surface area (Å²) in [7, 11) is 0. The highest BCUT2D eigenvalue weighted by Crippen LogP contribution is 2.27. The molecule has 0 aliphatic heterocycles. The Kier molecular flexibility index (Phi) is 6.55. The van der Waals surface area contributed by atoms with E-state index in [1.165, 1.54) is 4.88 Å². The number of amides is 1. The average molecular weight is 358 g/mol. The zero-order valence-electron chi connectivity index (χ0n) is 12.2. The number of aryl methyl sites for hydroxylation is 1. The maximum absolute atomic E-state index is 11.7. The van der Waals surface area contributed by atoms with E-state index in [1.54, 1.807) is 29.5 Å².